The van der Waals surface area contributed by atoms with E-state index in [-0.39, 0.29) is 0 Å². The molecule has 0 aliphatic carbocycles. The first-order valence-corrected chi connectivity index (χ1v) is 6.01. The molecule has 5 nitrogen and oxygen atoms in total. The van der Waals surface area contributed by atoms with Gasteiger partial charge in [-0.15, -0.1) is 0 Å². The van der Waals surface area contributed by atoms with E-state index in [9.17, 15) is 0 Å². The smallest absolute Gasteiger partial charge is 0.146 e. The van der Waals surface area contributed by atoms with Gasteiger partial charge in [-0.2, -0.15) is 0 Å². The minimum Gasteiger partial charge on any atom is -0.357 e. The quantitative estimate of drug-likeness (QED) is 0.751. The predicted molar refractivity (Wildman–Crippen MR) is 71.2 cm³/mol. The first-order chi connectivity index (χ1) is 8.13. The first-order valence-electron chi connectivity index (χ1n) is 6.01. The molecule has 0 saturated heterocycles. The lowest BCUT2D eigenvalue weighted by Gasteiger charge is -2.20. The van der Waals surface area contributed by atoms with Crippen LogP contribution >= 0.6 is 0 Å². The second kappa shape index (κ2) is 7.19. The van der Waals surface area contributed by atoms with Gasteiger partial charge >= 0.3 is 0 Å². The van der Waals surface area contributed by atoms with Crippen LogP contribution < -0.4 is 10.2 Å². The molecule has 0 bridgehead atoms. The Kier molecular flexibility index (Phi) is 5.86. The van der Waals surface area contributed by atoms with Gasteiger partial charge in [-0.05, 0) is 20.6 Å². The van der Waals surface area contributed by atoms with E-state index in [1.165, 1.54) is 0 Å². The van der Waals surface area contributed by atoms with Crippen LogP contribution in [0.25, 0.3) is 0 Å². The van der Waals surface area contributed by atoms with Crippen LogP contribution in [0.2, 0.25) is 0 Å². The highest BCUT2D eigenvalue weighted by molar-refractivity contribution is 5.34. The number of rotatable bonds is 7. The summed E-state index contributed by atoms with van der Waals surface area (Å²) in [7, 11) is 6.18. The van der Waals surface area contributed by atoms with E-state index in [0.717, 1.165) is 37.7 Å². The van der Waals surface area contributed by atoms with Gasteiger partial charge in [0, 0.05) is 26.7 Å². The minimum absolute atomic E-state index is 0.783. The number of nitrogens with zero attached hydrogens (tertiary/aromatic N) is 4. The summed E-state index contributed by atoms with van der Waals surface area (Å²) >= 11 is 0. The third-order valence-corrected chi connectivity index (χ3v) is 2.52. The molecule has 1 rings (SSSR count). The Morgan fingerprint density at radius 2 is 1.88 bits per heavy atom. The van der Waals surface area contributed by atoms with Crippen molar-refractivity contribution in [3.05, 3.63) is 18.1 Å². The zero-order valence-corrected chi connectivity index (χ0v) is 11.3. The normalized spacial score (nSPS) is 10.9. The molecular formula is C12H23N5. The second-order valence-corrected chi connectivity index (χ2v) is 4.37. The number of anilines is 1. The van der Waals surface area contributed by atoms with Crippen molar-refractivity contribution < 1.29 is 0 Å². The van der Waals surface area contributed by atoms with Gasteiger partial charge in [0.15, 0.2) is 0 Å². The summed E-state index contributed by atoms with van der Waals surface area (Å²) in [5.41, 5.74) is 0.983. The number of hydrogen-bond donors (Lipinski definition) is 1. The van der Waals surface area contributed by atoms with Gasteiger partial charge in [0.25, 0.3) is 0 Å². The topological polar surface area (TPSA) is 44.3 Å². The van der Waals surface area contributed by atoms with Gasteiger partial charge in [0.1, 0.15) is 5.82 Å². The summed E-state index contributed by atoms with van der Waals surface area (Å²) in [6.07, 6.45) is 3.67. The van der Waals surface area contributed by atoms with Crippen LogP contribution in [0.3, 0.4) is 0 Å². The summed E-state index contributed by atoms with van der Waals surface area (Å²) in [4.78, 5) is 13.1. The lowest BCUT2D eigenvalue weighted by molar-refractivity contribution is 0.416. The van der Waals surface area contributed by atoms with Crippen molar-refractivity contribution in [2.75, 3.05) is 45.7 Å². The molecule has 5 heteroatoms. The summed E-state index contributed by atoms with van der Waals surface area (Å²) in [5.74, 6) is 0.923. The first kappa shape index (κ1) is 13.9. The fourth-order valence-electron chi connectivity index (χ4n) is 1.35. The van der Waals surface area contributed by atoms with E-state index in [1.54, 1.807) is 0 Å². The summed E-state index contributed by atoms with van der Waals surface area (Å²) < 4.78 is 0. The molecule has 1 N–H and O–H groups in total. The van der Waals surface area contributed by atoms with Gasteiger partial charge < -0.3 is 15.1 Å². The van der Waals surface area contributed by atoms with Crippen molar-refractivity contribution in [1.82, 2.24) is 20.2 Å². The SMILES string of the molecule is CCNCc1cnc(N(C)CCN(C)C)cn1. The molecule has 1 aromatic rings. The van der Waals surface area contributed by atoms with Gasteiger partial charge in [0.2, 0.25) is 0 Å². The number of nitrogens with one attached hydrogen (secondary N) is 1. The Morgan fingerprint density at radius 3 is 2.41 bits per heavy atom. The molecule has 0 radical (unpaired) electrons. The molecule has 0 aliphatic rings. The predicted octanol–water partition coefficient (Wildman–Crippen LogP) is 0.584. The van der Waals surface area contributed by atoms with E-state index < -0.39 is 0 Å². The number of aromatic nitrogens is 2. The van der Waals surface area contributed by atoms with Crippen LogP contribution in [-0.4, -0.2) is 55.6 Å². The monoisotopic (exact) mass is 237 g/mol. The van der Waals surface area contributed by atoms with E-state index in [4.69, 9.17) is 0 Å². The number of likely N-dealkylation sites (N-methyl/N-ethyl adjacent to an activating group) is 2. The van der Waals surface area contributed by atoms with Crippen molar-refractivity contribution in [2.45, 2.75) is 13.5 Å². The molecule has 96 valence electrons. The average Bonchev–Trinajstić information content (AvgIpc) is 2.34. The second-order valence-electron chi connectivity index (χ2n) is 4.37. The van der Waals surface area contributed by atoms with Crippen molar-refractivity contribution in [3.63, 3.8) is 0 Å². The summed E-state index contributed by atoms with van der Waals surface area (Å²) in [5, 5.41) is 3.23. The van der Waals surface area contributed by atoms with E-state index >= 15 is 0 Å². The van der Waals surface area contributed by atoms with Crippen LogP contribution in [-0.2, 0) is 6.54 Å². The molecule has 17 heavy (non-hydrogen) atoms. The maximum absolute atomic E-state index is 4.41. The molecule has 0 atom stereocenters. The highest BCUT2D eigenvalue weighted by Crippen LogP contribution is 2.06. The van der Waals surface area contributed by atoms with Crippen LogP contribution in [0.1, 0.15) is 12.6 Å². The van der Waals surface area contributed by atoms with Gasteiger partial charge in [0.05, 0.1) is 18.1 Å². The third kappa shape index (κ3) is 5.10. The molecule has 1 heterocycles. The summed E-state index contributed by atoms with van der Waals surface area (Å²) in [6, 6.07) is 0. The molecular weight excluding hydrogens is 214 g/mol. The summed E-state index contributed by atoms with van der Waals surface area (Å²) in [6.45, 7) is 5.78. The Balaban J connectivity index is 2.48. The standard InChI is InChI=1S/C12H23N5/c1-5-13-8-11-9-15-12(10-14-11)17(4)7-6-16(2)3/h9-10,13H,5-8H2,1-4H3. The minimum atomic E-state index is 0.783. The lowest BCUT2D eigenvalue weighted by atomic mass is 10.4. The maximum Gasteiger partial charge on any atom is 0.146 e. The van der Waals surface area contributed by atoms with Gasteiger partial charge in [-0.3, -0.25) is 4.98 Å². The molecule has 0 aliphatic heterocycles. The van der Waals surface area contributed by atoms with Crippen LogP contribution in [0, 0.1) is 0 Å². The largest absolute Gasteiger partial charge is 0.357 e. The highest BCUT2D eigenvalue weighted by atomic mass is 15.2. The zero-order chi connectivity index (χ0) is 12.7. The Hall–Kier alpha value is -1.20. The molecule has 0 amide bonds. The fraction of sp³-hybridized carbons (Fsp3) is 0.667. The van der Waals surface area contributed by atoms with Crippen LogP contribution in [0.5, 0.6) is 0 Å². The van der Waals surface area contributed by atoms with E-state index in [0.29, 0.717) is 0 Å². The lowest BCUT2D eigenvalue weighted by Crippen LogP contribution is -2.29. The van der Waals surface area contributed by atoms with Gasteiger partial charge in [-0.1, -0.05) is 6.92 Å². The third-order valence-electron chi connectivity index (χ3n) is 2.52. The molecule has 1 aromatic heterocycles. The Bertz CT molecular complexity index is 309. The van der Waals surface area contributed by atoms with Crippen LogP contribution in [0.4, 0.5) is 5.82 Å². The fourth-order valence-corrected chi connectivity index (χ4v) is 1.35. The Morgan fingerprint density at radius 1 is 1.12 bits per heavy atom. The maximum atomic E-state index is 4.41. The van der Waals surface area contributed by atoms with Crippen molar-refractivity contribution in [1.29, 1.82) is 0 Å². The molecule has 0 aromatic carbocycles. The van der Waals surface area contributed by atoms with Crippen molar-refractivity contribution in [3.8, 4) is 0 Å². The van der Waals surface area contributed by atoms with Crippen LogP contribution in [0.15, 0.2) is 12.4 Å². The Labute approximate surface area is 104 Å². The van der Waals surface area contributed by atoms with Crippen molar-refractivity contribution >= 4 is 5.82 Å². The number of hydrogen-bond acceptors (Lipinski definition) is 5. The average molecular weight is 237 g/mol. The molecule has 0 saturated carbocycles. The van der Waals surface area contributed by atoms with E-state index in [2.05, 4.69) is 46.1 Å². The molecule has 0 spiro atoms. The van der Waals surface area contributed by atoms with Crippen molar-refractivity contribution in [2.24, 2.45) is 0 Å². The highest BCUT2D eigenvalue weighted by Gasteiger charge is 2.03. The molecule has 0 fully saturated rings. The zero-order valence-electron chi connectivity index (χ0n) is 11.3. The molecule has 0 unspecified atom stereocenters. The van der Waals surface area contributed by atoms with Gasteiger partial charge in [-0.25, -0.2) is 4.98 Å². The van der Waals surface area contributed by atoms with E-state index in [1.807, 2.05) is 19.4 Å².